The van der Waals surface area contributed by atoms with Crippen LogP contribution in [0.1, 0.15) is 53.4 Å². The second-order valence-electron chi connectivity index (χ2n) is 12.5. The molecule has 0 fully saturated rings. The summed E-state index contributed by atoms with van der Waals surface area (Å²) in [4.78, 5) is 4.73. The number of rotatable bonds is 6. The van der Waals surface area contributed by atoms with Crippen LogP contribution in [0.4, 0.5) is 0 Å². The Morgan fingerprint density at radius 2 is 1.42 bits per heavy atom. The van der Waals surface area contributed by atoms with Gasteiger partial charge in [0.1, 0.15) is 17.3 Å². The molecular weight excluding hydrogens is 552 g/mol. The van der Waals surface area contributed by atoms with Crippen LogP contribution in [0.2, 0.25) is 0 Å². The SMILES string of the molecule is Cc1ccnc(-n2c3ccccc3c3ccc(Oc4cc(C(C)C)cc(-n5nc(C)c(-c6c(C)cccc6C)c5C)c4)cc32)c1. The number of aromatic nitrogens is 4. The molecule has 0 aliphatic carbocycles. The fourth-order valence-corrected chi connectivity index (χ4v) is 6.62. The van der Waals surface area contributed by atoms with Crippen molar-refractivity contribution in [3.05, 3.63) is 131 Å². The van der Waals surface area contributed by atoms with Crippen molar-refractivity contribution >= 4 is 21.8 Å². The Hall–Kier alpha value is -5.16. The van der Waals surface area contributed by atoms with E-state index in [0.717, 1.165) is 45.4 Å². The number of nitrogens with zero attached hydrogens (tertiary/aromatic N) is 4. The van der Waals surface area contributed by atoms with E-state index in [2.05, 4.69) is 143 Å². The summed E-state index contributed by atoms with van der Waals surface area (Å²) < 4.78 is 11.0. The number of pyridine rings is 1. The Morgan fingerprint density at radius 1 is 0.667 bits per heavy atom. The highest BCUT2D eigenvalue weighted by Crippen LogP contribution is 2.38. The molecule has 0 aliphatic rings. The van der Waals surface area contributed by atoms with Crippen molar-refractivity contribution < 1.29 is 4.74 Å². The minimum absolute atomic E-state index is 0.319. The van der Waals surface area contributed by atoms with E-state index in [1.807, 2.05) is 12.3 Å². The standard InChI is InChI=1S/C40H38N4O/c1-24(2)30-20-31(44-29(7)40(28(6)42-44)39-26(4)11-10-12-27(39)5)22-33(21-30)45-32-15-16-35-34-13-8-9-14-36(34)43(37(35)23-32)38-19-25(3)17-18-41-38/h8-24H,1-7H3. The Labute approximate surface area is 264 Å². The fourth-order valence-electron chi connectivity index (χ4n) is 6.62. The highest BCUT2D eigenvalue weighted by molar-refractivity contribution is 6.09. The van der Waals surface area contributed by atoms with Crippen LogP contribution in [-0.2, 0) is 0 Å². The van der Waals surface area contributed by atoms with Crippen LogP contribution in [0, 0.1) is 34.6 Å². The molecule has 0 amide bonds. The van der Waals surface area contributed by atoms with Gasteiger partial charge in [-0.25, -0.2) is 9.67 Å². The number of ether oxygens (including phenoxy) is 1. The van der Waals surface area contributed by atoms with Gasteiger partial charge < -0.3 is 4.74 Å². The van der Waals surface area contributed by atoms with Crippen molar-refractivity contribution in [2.24, 2.45) is 0 Å². The predicted molar refractivity (Wildman–Crippen MR) is 185 cm³/mol. The zero-order valence-corrected chi connectivity index (χ0v) is 27.0. The largest absolute Gasteiger partial charge is 0.457 e. The van der Waals surface area contributed by atoms with Gasteiger partial charge in [0.15, 0.2) is 0 Å². The summed E-state index contributed by atoms with van der Waals surface area (Å²) in [6.45, 7) is 15.1. The summed E-state index contributed by atoms with van der Waals surface area (Å²) in [6, 6.07) is 31.9. The van der Waals surface area contributed by atoms with Crippen LogP contribution < -0.4 is 4.74 Å². The summed E-state index contributed by atoms with van der Waals surface area (Å²) in [7, 11) is 0. The summed E-state index contributed by atoms with van der Waals surface area (Å²) in [5.74, 6) is 2.77. The maximum absolute atomic E-state index is 6.67. The van der Waals surface area contributed by atoms with Gasteiger partial charge in [-0.3, -0.25) is 4.57 Å². The van der Waals surface area contributed by atoms with Crippen LogP contribution in [0.25, 0.3) is 44.4 Å². The van der Waals surface area contributed by atoms with Crippen LogP contribution in [0.5, 0.6) is 11.5 Å². The van der Waals surface area contributed by atoms with Gasteiger partial charge in [-0.2, -0.15) is 5.10 Å². The van der Waals surface area contributed by atoms with E-state index < -0.39 is 0 Å². The zero-order valence-electron chi connectivity index (χ0n) is 27.0. The van der Waals surface area contributed by atoms with Gasteiger partial charge in [-0.05, 0) is 111 Å². The lowest BCUT2D eigenvalue weighted by Crippen LogP contribution is -2.02. The number of hydrogen-bond acceptors (Lipinski definition) is 3. The summed E-state index contributed by atoms with van der Waals surface area (Å²) >= 11 is 0. The van der Waals surface area contributed by atoms with E-state index in [9.17, 15) is 0 Å². The van der Waals surface area contributed by atoms with Gasteiger partial charge in [-0.15, -0.1) is 0 Å². The minimum atomic E-state index is 0.319. The van der Waals surface area contributed by atoms with Gasteiger partial charge in [0, 0.05) is 40.4 Å². The van der Waals surface area contributed by atoms with Crippen molar-refractivity contribution in [1.29, 1.82) is 0 Å². The first-order valence-electron chi connectivity index (χ1n) is 15.6. The molecule has 0 unspecified atom stereocenters. The zero-order chi connectivity index (χ0) is 31.4. The number of para-hydroxylation sites is 1. The molecule has 0 atom stereocenters. The average molecular weight is 591 g/mol. The van der Waals surface area contributed by atoms with Crippen molar-refractivity contribution in [1.82, 2.24) is 19.3 Å². The van der Waals surface area contributed by atoms with Gasteiger partial charge in [-0.1, -0.05) is 50.2 Å². The van der Waals surface area contributed by atoms with Crippen molar-refractivity contribution in [3.63, 3.8) is 0 Å². The second-order valence-corrected chi connectivity index (χ2v) is 12.5. The molecule has 3 aromatic heterocycles. The van der Waals surface area contributed by atoms with Crippen LogP contribution in [0.15, 0.2) is 97.2 Å². The third-order valence-electron chi connectivity index (χ3n) is 8.86. The lowest BCUT2D eigenvalue weighted by Gasteiger charge is -2.15. The van der Waals surface area contributed by atoms with Gasteiger partial charge in [0.2, 0.25) is 0 Å². The molecule has 4 aromatic carbocycles. The van der Waals surface area contributed by atoms with Gasteiger partial charge in [0.25, 0.3) is 0 Å². The van der Waals surface area contributed by atoms with Crippen molar-refractivity contribution in [3.8, 4) is 34.1 Å². The highest BCUT2D eigenvalue weighted by Gasteiger charge is 2.20. The number of aryl methyl sites for hydroxylation is 4. The fraction of sp³-hybridized carbons (Fsp3) is 0.200. The summed E-state index contributed by atoms with van der Waals surface area (Å²) in [5.41, 5.74) is 12.7. The van der Waals surface area contributed by atoms with Crippen LogP contribution in [0.3, 0.4) is 0 Å². The van der Waals surface area contributed by atoms with E-state index >= 15 is 0 Å². The average Bonchev–Trinajstić information content (AvgIpc) is 3.50. The summed E-state index contributed by atoms with van der Waals surface area (Å²) in [5, 5.41) is 7.41. The molecule has 7 rings (SSSR count). The molecule has 0 saturated carbocycles. The number of benzene rings is 4. The second kappa shape index (κ2) is 11.1. The maximum atomic E-state index is 6.67. The molecule has 45 heavy (non-hydrogen) atoms. The molecule has 0 N–H and O–H groups in total. The molecular formula is C40H38N4O. The highest BCUT2D eigenvalue weighted by atomic mass is 16.5. The molecule has 0 aliphatic heterocycles. The molecule has 5 heteroatoms. The first-order chi connectivity index (χ1) is 21.7. The maximum Gasteiger partial charge on any atom is 0.137 e. The monoisotopic (exact) mass is 590 g/mol. The third-order valence-corrected chi connectivity index (χ3v) is 8.86. The molecule has 0 saturated heterocycles. The Balaban J connectivity index is 1.34. The van der Waals surface area contributed by atoms with E-state index in [-0.39, 0.29) is 0 Å². The van der Waals surface area contributed by atoms with Crippen molar-refractivity contribution in [2.45, 2.75) is 54.4 Å². The predicted octanol–water partition coefficient (Wildman–Crippen LogP) is 10.5. The molecule has 0 radical (unpaired) electrons. The van der Waals surface area contributed by atoms with Gasteiger partial charge in [0.05, 0.1) is 22.4 Å². The minimum Gasteiger partial charge on any atom is -0.457 e. The van der Waals surface area contributed by atoms with Crippen LogP contribution >= 0.6 is 0 Å². The Kier molecular flexibility index (Phi) is 7.04. The number of fused-ring (bicyclic) bond motifs is 3. The van der Waals surface area contributed by atoms with Crippen LogP contribution in [-0.4, -0.2) is 19.3 Å². The summed E-state index contributed by atoms with van der Waals surface area (Å²) in [6.07, 6.45) is 1.87. The molecule has 0 spiro atoms. The van der Waals surface area contributed by atoms with E-state index in [4.69, 9.17) is 14.8 Å². The van der Waals surface area contributed by atoms with E-state index in [1.54, 1.807) is 0 Å². The van der Waals surface area contributed by atoms with Gasteiger partial charge >= 0.3 is 0 Å². The lowest BCUT2D eigenvalue weighted by molar-refractivity contribution is 0.481. The molecule has 224 valence electrons. The molecule has 5 nitrogen and oxygen atoms in total. The Morgan fingerprint density at radius 3 is 2.18 bits per heavy atom. The normalized spacial score (nSPS) is 11.6. The third kappa shape index (κ3) is 4.98. The topological polar surface area (TPSA) is 44.9 Å². The van der Waals surface area contributed by atoms with Crippen molar-refractivity contribution in [2.75, 3.05) is 0 Å². The van der Waals surface area contributed by atoms with E-state index in [1.165, 1.54) is 44.2 Å². The smallest absolute Gasteiger partial charge is 0.137 e. The molecule has 3 heterocycles. The quantitative estimate of drug-likeness (QED) is 0.194. The first kappa shape index (κ1) is 28.6. The number of hydrogen-bond donors (Lipinski definition) is 0. The molecule has 0 bridgehead atoms. The molecule has 7 aromatic rings. The van der Waals surface area contributed by atoms with E-state index in [0.29, 0.717) is 5.92 Å². The first-order valence-corrected chi connectivity index (χ1v) is 15.6. The lowest BCUT2D eigenvalue weighted by atomic mass is 9.94. The Bertz CT molecular complexity index is 2210.